The number of nitrogens with one attached hydrogen (secondary N) is 1. The van der Waals surface area contributed by atoms with Gasteiger partial charge in [-0.3, -0.25) is 4.79 Å². The number of carbonyl (C=O) groups is 1. The zero-order chi connectivity index (χ0) is 11.5. The fourth-order valence-corrected chi connectivity index (χ4v) is 2.01. The van der Waals surface area contributed by atoms with Gasteiger partial charge in [0.05, 0.1) is 38.8 Å². The molecule has 0 radical (unpaired) electrons. The van der Waals surface area contributed by atoms with Gasteiger partial charge in [0.1, 0.15) is 5.15 Å². The summed E-state index contributed by atoms with van der Waals surface area (Å²) in [6.45, 7) is 3.55. The van der Waals surface area contributed by atoms with Gasteiger partial charge in [-0.2, -0.15) is 0 Å². The minimum Gasteiger partial charge on any atom is -0.334 e. The smallest absolute Gasteiger partial charge is 0.257 e. The van der Waals surface area contributed by atoms with Gasteiger partial charge in [0, 0.05) is 6.20 Å². The molecule has 1 aliphatic heterocycles. The lowest BCUT2D eigenvalue weighted by Crippen LogP contribution is -3.12. The van der Waals surface area contributed by atoms with Crippen LogP contribution >= 0.6 is 11.6 Å². The van der Waals surface area contributed by atoms with E-state index in [4.69, 9.17) is 11.6 Å². The molecule has 0 aromatic carbocycles. The fraction of sp³-hybridized carbons (Fsp3) is 0.455. The number of piperazine rings is 1. The molecule has 1 amide bonds. The maximum Gasteiger partial charge on any atom is 0.257 e. The number of nitrogens with zero attached hydrogens (tertiary/aromatic N) is 2. The molecular formula is C11H15ClN3O+. The van der Waals surface area contributed by atoms with Crippen molar-refractivity contribution in [3.63, 3.8) is 0 Å². The number of pyridine rings is 1. The van der Waals surface area contributed by atoms with Gasteiger partial charge < -0.3 is 9.80 Å². The highest BCUT2D eigenvalue weighted by Gasteiger charge is 2.23. The van der Waals surface area contributed by atoms with E-state index in [9.17, 15) is 4.79 Å². The third-order valence-corrected chi connectivity index (χ3v) is 3.19. The van der Waals surface area contributed by atoms with E-state index in [1.807, 2.05) is 4.90 Å². The molecule has 0 unspecified atom stereocenters. The number of quaternary nitrogens is 1. The summed E-state index contributed by atoms with van der Waals surface area (Å²) in [4.78, 5) is 19.3. The molecule has 4 nitrogen and oxygen atoms in total. The largest absolute Gasteiger partial charge is 0.334 e. The number of aromatic nitrogens is 1. The lowest BCUT2D eigenvalue weighted by molar-refractivity contribution is -0.883. The molecular weight excluding hydrogens is 226 g/mol. The Balaban J connectivity index is 2.11. The van der Waals surface area contributed by atoms with Crippen LogP contribution in [0.25, 0.3) is 0 Å². The van der Waals surface area contributed by atoms with Crippen molar-refractivity contribution in [1.82, 2.24) is 9.88 Å². The van der Waals surface area contributed by atoms with E-state index >= 15 is 0 Å². The van der Waals surface area contributed by atoms with Crippen LogP contribution in [0.1, 0.15) is 10.4 Å². The van der Waals surface area contributed by atoms with E-state index < -0.39 is 0 Å². The second-order valence-electron chi connectivity index (χ2n) is 4.09. The Morgan fingerprint density at radius 2 is 2.19 bits per heavy atom. The molecule has 0 atom stereocenters. The van der Waals surface area contributed by atoms with Crippen molar-refractivity contribution in [3.8, 4) is 0 Å². The number of rotatable bonds is 1. The van der Waals surface area contributed by atoms with Crippen LogP contribution in [0.15, 0.2) is 18.3 Å². The average Bonchev–Trinajstić information content (AvgIpc) is 2.30. The summed E-state index contributed by atoms with van der Waals surface area (Å²) in [5.74, 6) is -0.00870. The summed E-state index contributed by atoms with van der Waals surface area (Å²) in [5, 5.41) is 0.291. The molecule has 0 saturated carbocycles. The van der Waals surface area contributed by atoms with Gasteiger partial charge in [-0.05, 0) is 12.1 Å². The number of hydrogen-bond acceptors (Lipinski definition) is 2. The lowest BCUT2D eigenvalue weighted by Gasteiger charge is -2.30. The maximum absolute atomic E-state index is 12.1. The minimum atomic E-state index is -0.00870. The monoisotopic (exact) mass is 240 g/mol. The molecule has 0 spiro atoms. The van der Waals surface area contributed by atoms with Crippen molar-refractivity contribution < 1.29 is 9.69 Å². The average molecular weight is 241 g/mol. The number of carbonyl (C=O) groups excluding carboxylic acids is 1. The highest BCUT2D eigenvalue weighted by Crippen LogP contribution is 2.14. The highest BCUT2D eigenvalue weighted by molar-refractivity contribution is 6.32. The van der Waals surface area contributed by atoms with E-state index in [-0.39, 0.29) is 5.91 Å². The Bertz CT molecular complexity index is 389. The van der Waals surface area contributed by atoms with E-state index in [1.165, 1.54) is 4.90 Å². The zero-order valence-corrected chi connectivity index (χ0v) is 10.00. The van der Waals surface area contributed by atoms with Gasteiger partial charge in [0.15, 0.2) is 0 Å². The number of halogens is 1. The normalized spacial score (nSPS) is 17.5. The van der Waals surface area contributed by atoms with Crippen molar-refractivity contribution in [1.29, 1.82) is 0 Å². The second-order valence-corrected chi connectivity index (χ2v) is 4.45. The summed E-state index contributed by atoms with van der Waals surface area (Å²) >= 11 is 5.90. The first-order valence-corrected chi connectivity index (χ1v) is 5.77. The van der Waals surface area contributed by atoms with Crippen LogP contribution in [-0.4, -0.2) is 49.0 Å². The van der Waals surface area contributed by atoms with E-state index in [2.05, 4.69) is 12.0 Å². The standard InChI is InChI=1S/C11H14ClN3O/c1-14-5-7-15(8-6-14)11(16)9-3-2-4-13-10(9)12/h2-4H,5-8H2,1H3/p+1. The Morgan fingerprint density at radius 3 is 2.81 bits per heavy atom. The summed E-state index contributed by atoms with van der Waals surface area (Å²) in [6, 6.07) is 3.46. The third-order valence-electron chi connectivity index (χ3n) is 2.89. The topological polar surface area (TPSA) is 37.6 Å². The molecule has 0 bridgehead atoms. The first-order valence-electron chi connectivity index (χ1n) is 5.39. The predicted octanol–water partition coefficient (Wildman–Crippen LogP) is -0.294. The second kappa shape index (κ2) is 4.80. The first kappa shape index (κ1) is 11.4. The van der Waals surface area contributed by atoms with Crippen LogP contribution in [0.3, 0.4) is 0 Å². The lowest BCUT2D eigenvalue weighted by atomic mass is 10.2. The quantitative estimate of drug-likeness (QED) is 0.685. The molecule has 86 valence electrons. The Labute approximate surface area is 99.8 Å². The van der Waals surface area contributed by atoms with Crippen molar-refractivity contribution in [2.45, 2.75) is 0 Å². The molecule has 1 fully saturated rings. The van der Waals surface area contributed by atoms with E-state index in [0.717, 1.165) is 26.2 Å². The Morgan fingerprint density at radius 1 is 1.50 bits per heavy atom. The van der Waals surface area contributed by atoms with Gasteiger partial charge in [-0.1, -0.05) is 11.6 Å². The summed E-state index contributed by atoms with van der Waals surface area (Å²) in [6.07, 6.45) is 1.59. The number of amides is 1. The van der Waals surface area contributed by atoms with Gasteiger partial charge >= 0.3 is 0 Å². The summed E-state index contributed by atoms with van der Waals surface area (Å²) < 4.78 is 0. The molecule has 1 saturated heterocycles. The van der Waals surface area contributed by atoms with Gasteiger partial charge in [0.25, 0.3) is 5.91 Å². The van der Waals surface area contributed by atoms with Crippen LogP contribution in [-0.2, 0) is 0 Å². The summed E-state index contributed by atoms with van der Waals surface area (Å²) in [5.41, 5.74) is 0.503. The molecule has 2 rings (SSSR count). The van der Waals surface area contributed by atoms with E-state index in [1.54, 1.807) is 18.3 Å². The van der Waals surface area contributed by atoms with E-state index in [0.29, 0.717) is 10.7 Å². The molecule has 2 heterocycles. The van der Waals surface area contributed by atoms with Gasteiger partial charge in [0.2, 0.25) is 0 Å². The Hall–Kier alpha value is -1.13. The van der Waals surface area contributed by atoms with Crippen LogP contribution in [0.5, 0.6) is 0 Å². The minimum absolute atomic E-state index is 0.00870. The molecule has 16 heavy (non-hydrogen) atoms. The SMILES string of the molecule is C[NH+]1CCN(C(=O)c2cccnc2Cl)CC1. The van der Waals surface area contributed by atoms with Crippen molar-refractivity contribution in [3.05, 3.63) is 29.0 Å². The van der Waals surface area contributed by atoms with Crippen molar-refractivity contribution >= 4 is 17.5 Å². The molecule has 1 aromatic heterocycles. The van der Waals surface area contributed by atoms with Crippen molar-refractivity contribution in [2.75, 3.05) is 33.2 Å². The molecule has 1 aliphatic rings. The number of hydrogen-bond donors (Lipinski definition) is 1. The van der Waals surface area contributed by atoms with Crippen LogP contribution in [0.2, 0.25) is 5.15 Å². The predicted molar refractivity (Wildman–Crippen MR) is 61.8 cm³/mol. The maximum atomic E-state index is 12.1. The van der Waals surface area contributed by atoms with Crippen LogP contribution in [0.4, 0.5) is 0 Å². The fourth-order valence-electron chi connectivity index (χ4n) is 1.81. The molecule has 0 aliphatic carbocycles. The van der Waals surface area contributed by atoms with Crippen molar-refractivity contribution in [2.24, 2.45) is 0 Å². The summed E-state index contributed by atoms with van der Waals surface area (Å²) in [7, 11) is 2.14. The zero-order valence-electron chi connectivity index (χ0n) is 9.24. The molecule has 5 heteroatoms. The van der Waals surface area contributed by atoms with Crippen LogP contribution in [0, 0.1) is 0 Å². The Kier molecular flexibility index (Phi) is 3.41. The third kappa shape index (κ3) is 2.33. The van der Waals surface area contributed by atoms with Gasteiger partial charge in [-0.25, -0.2) is 4.98 Å². The van der Waals surface area contributed by atoms with Gasteiger partial charge in [-0.15, -0.1) is 0 Å². The highest BCUT2D eigenvalue weighted by atomic mass is 35.5. The molecule has 1 N–H and O–H groups in total. The number of likely N-dealkylation sites (N-methyl/N-ethyl adjacent to an activating group) is 1. The first-order chi connectivity index (χ1) is 7.68. The van der Waals surface area contributed by atoms with Crippen LogP contribution < -0.4 is 4.90 Å². The molecule has 1 aromatic rings.